The zero-order valence-corrected chi connectivity index (χ0v) is 9.68. The fraction of sp³-hybridized carbons (Fsp3) is 0.625. The number of imide groups is 1. The average molecular weight is 253 g/mol. The van der Waals surface area contributed by atoms with Crippen LogP contribution in [0.3, 0.4) is 0 Å². The first-order valence-electron chi connectivity index (χ1n) is 4.39. The normalized spacial score (nSPS) is 12.4. The molecule has 0 heterocycles. The maximum Gasteiger partial charge on any atom is 0.418 e. The summed E-state index contributed by atoms with van der Waals surface area (Å²) in [5.74, 6) is -0.943. The smallest absolute Gasteiger partial charge is 0.413 e. The maximum absolute atomic E-state index is 11.3. The standard InChI is InChI=1S/C8H13ClN2O5/c1-3-15-7(5-10-14)16-8(13)11(2)6(12)4-9/h5,7,14H,3-4H2,1-2H3/b10-5+. The number of hydrogen-bond donors (Lipinski definition) is 1. The summed E-state index contributed by atoms with van der Waals surface area (Å²) in [5.41, 5.74) is 0. The van der Waals surface area contributed by atoms with E-state index in [2.05, 4.69) is 5.16 Å². The van der Waals surface area contributed by atoms with Crippen LogP contribution in [-0.2, 0) is 14.3 Å². The van der Waals surface area contributed by atoms with Crippen LogP contribution in [0.5, 0.6) is 0 Å². The van der Waals surface area contributed by atoms with Crippen molar-refractivity contribution in [2.24, 2.45) is 5.16 Å². The van der Waals surface area contributed by atoms with Crippen molar-refractivity contribution >= 4 is 29.8 Å². The molecule has 2 amide bonds. The number of oxime groups is 1. The molecule has 0 aliphatic carbocycles. The van der Waals surface area contributed by atoms with Gasteiger partial charge >= 0.3 is 6.09 Å². The molecule has 0 rings (SSSR count). The molecule has 0 aromatic carbocycles. The van der Waals surface area contributed by atoms with Crippen molar-refractivity contribution in [3.63, 3.8) is 0 Å². The molecule has 0 aliphatic rings. The summed E-state index contributed by atoms with van der Waals surface area (Å²) in [7, 11) is 1.21. The molecule has 0 aromatic heterocycles. The third-order valence-corrected chi connectivity index (χ3v) is 1.73. The molecular weight excluding hydrogens is 240 g/mol. The second-order valence-electron chi connectivity index (χ2n) is 2.56. The van der Waals surface area contributed by atoms with Crippen LogP contribution >= 0.6 is 11.6 Å². The third-order valence-electron chi connectivity index (χ3n) is 1.50. The minimum atomic E-state index is -1.15. The van der Waals surface area contributed by atoms with E-state index >= 15 is 0 Å². The van der Waals surface area contributed by atoms with Crippen LogP contribution < -0.4 is 0 Å². The van der Waals surface area contributed by atoms with Gasteiger partial charge in [0.05, 0.1) is 0 Å². The van der Waals surface area contributed by atoms with E-state index in [0.717, 1.165) is 6.21 Å². The third kappa shape index (κ3) is 4.94. The number of nitrogens with zero attached hydrogens (tertiary/aromatic N) is 2. The van der Waals surface area contributed by atoms with E-state index < -0.39 is 18.3 Å². The van der Waals surface area contributed by atoms with E-state index in [-0.39, 0.29) is 12.5 Å². The van der Waals surface area contributed by atoms with Gasteiger partial charge in [-0.3, -0.25) is 4.79 Å². The number of ether oxygens (including phenoxy) is 2. The second-order valence-corrected chi connectivity index (χ2v) is 2.83. The average Bonchev–Trinajstić information content (AvgIpc) is 2.27. The van der Waals surface area contributed by atoms with Crippen LogP contribution in [0.2, 0.25) is 0 Å². The van der Waals surface area contributed by atoms with E-state index in [1.54, 1.807) is 6.92 Å². The van der Waals surface area contributed by atoms with Gasteiger partial charge in [-0.05, 0) is 6.92 Å². The van der Waals surface area contributed by atoms with Crippen LogP contribution in [0.1, 0.15) is 6.92 Å². The highest BCUT2D eigenvalue weighted by atomic mass is 35.5. The molecule has 0 radical (unpaired) electrons. The van der Waals surface area contributed by atoms with Crippen LogP contribution in [0.15, 0.2) is 5.16 Å². The Morgan fingerprint density at radius 3 is 2.69 bits per heavy atom. The highest BCUT2D eigenvalue weighted by Gasteiger charge is 2.20. The predicted molar refractivity (Wildman–Crippen MR) is 55.7 cm³/mol. The van der Waals surface area contributed by atoms with E-state index in [0.29, 0.717) is 4.90 Å². The Morgan fingerprint density at radius 2 is 2.25 bits per heavy atom. The Balaban J connectivity index is 4.33. The quantitative estimate of drug-likeness (QED) is 0.255. The van der Waals surface area contributed by atoms with Crippen molar-refractivity contribution in [2.75, 3.05) is 19.5 Å². The lowest BCUT2D eigenvalue weighted by Crippen LogP contribution is -2.37. The summed E-state index contributed by atoms with van der Waals surface area (Å²) in [4.78, 5) is 23.0. The topological polar surface area (TPSA) is 88.4 Å². The monoisotopic (exact) mass is 252 g/mol. The summed E-state index contributed by atoms with van der Waals surface area (Å²) >= 11 is 5.25. The molecule has 1 atom stereocenters. The van der Waals surface area contributed by atoms with E-state index in [9.17, 15) is 9.59 Å². The molecule has 0 bridgehead atoms. The van der Waals surface area contributed by atoms with Crippen LogP contribution in [0, 0.1) is 0 Å². The van der Waals surface area contributed by atoms with Gasteiger partial charge in [0.2, 0.25) is 12.2 Å². The number of alkyl halides is 1. The van der Waals surface area contributed by atoms with Gasteiger partial charge in [0.1, 0.15) is 12.1 Å². The molecule has 0 saturated heterocycles. The highest BCUT2D eigenvalue weighted by molar-refractivity contribution is 6.28. The molecular formula is C8H13ClN2O5. The fourth-order valence-electron chi connectivity index (χ4n) is 0.696. The lowest BCUT2D eigenvalue weighted by atomic mass is 10.6. The van der Waals surface area contributed by atoms with Gasteiger partial charge in [-0.15, -0.1) is 11.6 Å². The Bertz CT molecular complexity index is 271. The first-order valence-corrected chi connectivity index (χ1v) is 4.92. The van der Waals surface area contributed by atoms with Crippen molar-refractivity contribution in [1.29, 1.82) is 0 Å². The summed E-state index contributed by atoms with van der Waals surface area (Å²) in [6.07, 6.45) is -1.21. The Labute approximate surface area is 97.6 Å². The zero-order chi connectivity index (χ0) is 12.6. The number of hydrogen-bond acceptors (Lipinski definition) is 6. The first kappa shape index (κ1) is 14.7. The summed E-state index contributed by atoms with van der Waals surface area (Å²) in [5, 5.41) is 10.9. The van der Waals surface area contributed by atoms with Crippen molar-refractivity contribution in [3.05, 3.63) is 0 Å². The molecule has 0 fully saturated rings. The highest BCUT2D eigenvalue weighted by Crippen LogP contribution is 1.99. The molecule has 0 aromatic rings. The van der Waals surface area contributed by atoms with Gasteiger partial charge in [-0.1, -0.05) is 5.16 Å². The molecule has 1 N–H and O–H groups in total. The largest absolute Gasteiger partial charge is 0.418 e. The Morgan fingerprint density at radius 1 is 1.62 bits per heavy atom. The molecule has 0 spiro atoms. The number of rotatable bonds is 5. The number of amides is 2. The first-order chi connectivity index (χ1) is 7.56. The van der Waals surface area contributed by atoms with Gasteiger partial charge < -0.3 is 14.7 Å². The molecule has 0 aliphatic heterocycles. The van der Waals surface area contributed by atoms with E-state index in [1.165, 1.54) is 7.05 Å². The molecule has 1 unspecified atom stereocenters. The lowest BCUT2D eigenvalue weighted by Gasteiger charge is -2.17. The molecule has 92 valence electrons. The van der Waals surface area contributed by atoms with Crippen molar-refractivity contribution in [1.82, 2.24) is 4.90 Å². The molecule has 7 nitrogen and oxygen atoms in total. The van der Waals surface area contributed by atoms with Crippen LogP contribution in [0.25, 0.3) is 0 Å². The van der Waals surface area contributed by atoms with Crippen molar-refractivity contribution in [2.45, 2.75) is 13.2 Å². The van der Waals surface area contributed by atoms with E-state index in [4.69, 9.17) is 26.3 Å². The van der Waals surface area contributed by atoms with Crippen molar-refractivity contribution < 1.29 is 24.3 Å². The SMILES string of the molecule is CCOC(/C=N/O)OC(=O)N(C)C(=O)CCl. The summed E-state index contributed by atoms with van der Waals surface area (Å²) < 4.78 is 9.59. The zero-order valence-electron chi connectivity index (χ0n) is 8.92. The van der Waals surface area contributed by atoms with Gasteiger partial charge in [-0.25, -0.2) is 9.69 Å². The van der Waals surface area contributed by atoms with Gasteiger partial charge in [-0.2, -0.15) is 0 Å². The Kier molecular flexibility index (Phi) is 7.23. The lowest BCUT2D eigenvalue weighted by molar-refractivity contribution is -0.127. The fourth-order valence-corrected chi connectivity index (χ4v) is 0.875. The van der Waals surface area contributed by atoms with Crippen molar-refractivity contribution in [3.8, 4) is 0 Å². The predicted octanol–water partition coefficient (Wildman–Crippen LogP) is 0.643. The molecule has 8 heteroatoms. The van der Waals surface area contributed by atoms with Crippen LogP contribution in [0.4, 0.5) is 4.79 Å². The molecule has 16 heavy (non-hydrogen) atoms. The summed E-state index contributed by atoms with van der Waals surface area (Å²) in [6.45, 7) is 1.91. The Hall–Kier alpha value is -1.34. The van der Waals surface area contributed by atoms with Gasteiger partial charge in [0, 0.05) is 13.7 Å². The minimum absolute atomic E-state index is 0.247. The number of carbonyl (C=O) groups excluding carboxylic acids is 2. The minimum Gasteiger partial charge on any atom is -0.413 e. The van der Waals surface area contributed by atoms with E-state index in [1.807, 2.05) is 0 Å². The molecule has 0 saturated carbocycles. The number of carbonyl (C=O) groups is 2. The summed E-state index contributed by atoms with van der Waals surface area (Å²) in [6, 6.07) is 0. The maximum atomic E-state index is 11.3. The van der Waals surface area contributed by atoms with Gasteiger partial charge in [0.25, 0.3) is 0 Å². The second kappa shape index (κ2) is 7.89. The van der Waals surface area contributed by atoms with Crippen LogP contribution in [-0.4, -0.2) is 54.1 Å². The number of halogens is 1. The van der Waals surface area contributed by atoms with Gasteiger partial charge in [0.15, 0.2) is 0 Å².